The molecule has 0 saturated carbocycles. The van der Waals surface area contributed by atoms with Gasteiger partial charge in [-0.3, -0.25) is 4.79 Å². The molecule has 0 fully saturated rings. The minimum absolute atomic E-state index is 0.0383. The molecule has 0 heterocycles. The van der Waals surface area contributed by atoms with Crippen molar-refractivity contribution in [1.29, 1.82) is 0 Å². The van der Waals surface area contributed by atoms with Gasteiger partial charge in [-0.15, -0.1) is 0 Å². The van der Waals surface area contributed by atoms with Gasteiger partial charge in [0.15, 0.2) is 5.78 Å². The van der Waals surface area contributed by atoms with Crippen LogP contribution in [0, 0.1) is 0 Å². The van der Waals surface area contributed by atoms with Gasteiger partial charge in [-0.1, -0.05) is 36.9 Å². The van der Waals surface area contributed by atoms with Crippen LogP contribution in [-0.4, -0.2) is 18.9 Å². The number of hydrogen-bond acceptors (Lipinski definition) is 2. The Balaban J connectivity index is 2.66. The van der Waals surface area contributed by atoms with E-state index in [1.54, 1.807) is 7.05 Å². The summed E-state index contributed by atoms with van der Waals surface area (Å²) in [6.07, 6.45) is 2.08. The Kier molecular flexibility index (Phi) is 4.08. The minimum atomic E-state index is -0.158. The molecule has 0 radical (unpaired) electrons. The molecule has 74 valence electrons. The molecule has 0 aromatic heterocycles. The molecule has 1 rings (SSSR count). The number of hydrogen-bond donors (Lipinski definition) is 1. The summed E-state index contributed by atoms with van der Waals surface area (Å²) < 4.78 is 0. The lowest BCUT2D eigenvalue weighted by Crippen LogP contribution is -2.34. The molecule has 0 spiro atoms. The number of carbonyl (C=O) groups is 1. The van der Waals surface area contributed by atoms with Crippen LogP contribution in [-0.2, 0) is 11.2 Å². The standard InChI is InChI=1S/C12H15NO/c1-3-12(14)11(13-2)9-10-7-5-4-6-8-10/h3-8,11,13H,1,9H2,2H3/t11-/m0/s1. The highest BCUT2D eigenvalue weighted by Gasteiger charge is 2.12. The molecule has 2 nitrogen and oxygen atoms in total. The predicted octanol–water partition coefficient (Wildman–Crippen LogP) is 1.57. The van der Waals surface area contributed by atoms with Gasteiger partial charge in [0.05, 0.1) is 6.04 Å². The number of nitrogens with one attached hydrogen (secondary N) is 1. The van der Waals surface area contributed by atoms with Crippen LogP contribution in [0.1, 0.15) is 5.56 Å². The summed E-state index contributed by atoms with van der Waals surface area (Å²) in [6, 6.07) is 9.78. The zero-order chi connectivity index (χ0) is 10.4. The van der Waals surface area contributed by atoms with E-state index in [1.165, 1.54) is 6.08 Å². The topological polar surface area (TPSA) is 29.1 Å². The van der Waals surface area contributed by atoms with Crippen molar-refractivity contribution in [1.82, 2.24) is 5.32 Å². The van der Waals surface area contributed by atoms with E-state index < -0.39 is 0 Å². The van der Waals surface area contributed by atoms with E-state index in [-0.39, 0.29) is 11.8 Å². The second-order valence-electron chi connectivity index (χ2n) is 3.14. The largest absolute Gasteiger partial charge is 0.310 e. The number of likely N-dealkylation sites (N-methyl/N-ethyl adjacent to an activating group) is 1. The molecular formula is C12H15NO. The molecule has 2 heteroatoms. The van der Waals surface area contributed by atoms with Crippen molar-refractivity contribution in [2.24, 2.45) is 0 Å². The Labute approximate surface area is 84.6 Å². The van der Waals surface area contributed by atoms with Gasteiger partial charge in [0.25, 0.3) is 0 Å². The second-order valence-corrected chi connectivity index (χ2v) is 3.14. The normalized spacial score (nSPS) is 12.1. The Morgan fingerprint density at radius 2 is 2.14 bits per heavy atom. The van der Waals surface area contributed by atoms with Gasteiger partial charge in [0.2, 0.25) is 0 Å². The molecule has 0 unspecified atom stereocenters. The maximum absolute atomic E-state index is 11.4. The van der Waals surface area contributed by atoms with Crippen molar-refractivity contribution in [3.8, 4) is 0 Å². The quantitative estimate of drug-likeness (QED) is 0.712. The SMILES string of the molecule is C=CC(=O)[C@H](Cc1ccccc1)NC. The fourth-order valence-corrected chi connectivity index (χ4v) is 1.34. The summed E-state index contributed by atoms with van der Waals surface area (Å²) in [7, 11) is 1.79. The minimum Gasteiger partial charge on any atom is -0.310 e. The van der Waals surface area contributed by atoms with E-state index in [0.29, 0.717) is 6.42 Å². The molecule has 0 aliphatic rings. The lowest BCUT2D eigenvalue weighted by atomic mass is 10.0. The van der Waals surface area contributed by atoms with Gasteiger partial charge < -0.3 is 5.32 Å². The average Bonchev–Trinajstić information content (AvgIpc) is 2.26. The van der Waals surface area contributed by atoms with E-state index >= 15 is 0 Å². The van der Waals surface area contributed by atoms with Crippen LogP contribution in [0.2, 0.25) is 0 Å². The predicted molar refractivity (Wildman–Crippen MR) is 58.2 cm³/mol. The Bertz CT molecular complexity index is 305. The van der Waals surface area contributed by atoms with Crippen LogP contribution in [0.25, 0.3) is 0 Å². The first-order chi connectivity index (χ1) is 6.77. The maximum Gasteiger partial charge on any atom is 0.172 e. The van der Waals surface area contributed by atoms with Gasteiger partial charge in [-0.2, -0.15) is 0 Å². The van der Waals surface area contributed by atoms with Crippen LogP contribution in [0.15, 0.2) is 43.0 Å². The number of benzene rings is 1. The average molecular weight is 189 g/mol. The van der Waals surface area contributed by atoms with Crippen molar-refractivity contribution < 1.29 is 4.79 Å². The summed E-state index contributed by atoms with van der Waals surface area (Å²) in [5.74, 6) is 0.0383. The van der Waals surface area contributed by atoms with Gasteiger partial charge >= 0.3 is 0 Å². The fraction of sp³-hybridized carbons (Fsp3) is 0.250. The van der Waals surface area contributed by atoms with Crippen LogP contribution >= 0.6 is 0 Å². The van der Waals surface area contributed by atoms with Crippen LogP contribution in [0.3, 0.4) is 0 Å². The third-order valence-electron chi connectivity index (χ3n) is 2.18. The highest BCUT2D eigenvalue weighted by Crippen LogP contribution is 2.03. The van der Waals surface area contributed by atoms with E-state index in [2.05, 4.69) is 11.9 Å². The lowest BCUT2D eigenvalue weighted by Gasteiger charge is -2.12. The number of carbonyl (C=O) groups excluding carboxylic acids is 1. The molecule has 1 atom stereocenters. The number of rotatable bonds is 5. The Morgan fingerprint density at radius 3 is 2.64 bits per heavy atom. The zero-order valence-electron chi connectivity index (χ0n) is 8.36. The molecule has 0 amide bonds. The molecule has 0 saturated heterocycles. The molecule has 0 bridgehead atoms. The van der Waals surface area contributed by atoms with E-state index in [1.807, 2.05) is 30.3 Å². The third kappa shape index (κ3) is 2.82. The highest BCUT2D eigenvalue weighted by molar-refractivity contribution is 5.93. The monoisotopic (exact) mass is 189 g/mol. The molecule has 1 N–H and O–H groups in total. The first-order valence-corrected chi connectivity index (χ1v) is 4.65. The zero-order valence-corrected chi connectivity index (χ0v) is 8.36. The Morgan fingerprint density at radius 1 is 1.50 bits per heavy atom. The van der Waals surface area contributed by atoms with Crippen molar-refractivity contribution in [2.75, 3.05) is 7.05 Å². The van der Waals surface area contributed by atoms with Gasteiger partial charge in [0.1, 0.15) is 0 Å². The van der Waals surface area contributed by atoms with Crippen LogP contribution in [0.4, 0.5) is 0 Å². The van der Waals surface area contributed by atoms with Crippen molar-refractivity contribution in [2.45, 2.75) is 12.5 Å². The van der Waals surface area contributed by atoms with Gasteiger partial charge in [-0.25, -0.2) is 0 Å². The van der Waals surface area contributed by atoms with E-state index in [9.17, 15) is 4.79 Å². The smallest absolute Gasteiger partial charge is 0.172 e. The second kappa shape index (κ2) is 5.35. The van der Waals surface area contributed by atoms with Crippen LogP contribution in [0.5, 0.6) is 0 Å². The Hall–Kier alpha value is -1.41. The summed E-state index contributed by atoms with van der Waals surface area (Å²) in [6.45, 7) is 3.48. The molecule has 14 heavy (non-hydrogen) atoms. The molecule has 0 aliphatic carbocycles. The maximum atomic E-state index is 11.4. The highest BCUT2D eigenvalue weighted by atomic mass is 16.1. The van der Waals surface area contributed by atoms with Crippen LogP contribution < -0.4 is 5.32 Å². The van der Waals surface area contributed by atoms with E-state index in [4.69, 9.17) is 0 Å². The first kappa shape index (κ1) is 10.7. The van der Waals surface area contributed by atoms with Crippen molar-refractivity contribution in [3.63, 3.8) is 0 Å². The van der Waals surface area contributed by atoms with Crippen molar-refractivity contribution >= 4 is 5.78 Å². The summed E-state index contributed by atoms with van der Waals surface area (Å²) in [4.78, 5) is 11.4. The molecular weight excluding hydrogens is 174 g/mol. The molecule has 0 aliphatic heterocycles. The summed E-state index contributed by atoms with van der Waals surface area (Å²) >= 11 is 0. The fourth-order valence-electron chi connectivity index (χ4n) is 1.34. The summed E-state index contributed by atoms with van der Waals surface area (Å²) in [5, 5.41) is 2.98. The molecule has 1 aromatic rings. The van der Waals surface area contributed by atoms with E-state index in [0.717, 1.165) is 5.56 Å². The third-order valence-corrected chi connectivity index (χ3v) is 2.18. The molecule has 1 aromatic carbocycles. The lowest BCUT2D eigenvalue weighted by molar-refractivity contribution is -0.116. The summed E-state index contributed by atoms with van der Waals surface area (Å²) in [5.41, 5.74) is 1.15. The van der Waals surface area contributed by atoms with Gasteiger partial charge in [0, 0.05) is 0 Å². The first-order valence-electron chi connectivity index (χ1n) is 4.65. The number of ketones is 1. The van der Waals surface area contributed by atoms with Crippen molar-refractivity contribution in [3.05, 3.63) is 48.6 Å². The van der Waals surface area contributed by atoms with Gasteiger partial charge in [-0.05, 0) is 25.1 Å².